The van der Waals surface area contributed by atoms with Crippen molar-refractivity contribution in [3.05, 3.63) is 47.8 Å². The van der Waals surface area contributed by atoms with Crippen LogP contribution in [0.2, 0.25) is 0 Å². The molecule has 1 unspecified atom stereocenters. The quantitative estimate of drug-likeness (QED) is 0.917. The lowest BCUT2D eigenvalue weighted by Gasteiger charge is -2.17. The molecule has 1 amide bonds. The molecule has 0 fully saturated rings. The van der Waals surface area contributed by atoms with Crippen molar-refractivity contribution in [3.63, 3.8) is 0 Å². The highest BCUT2D eigenvalue weighted by molar-refractivity contribution is 6.07. The van der Waals surface area contributed by atoms with Gasteiger partial charge in [-0.25, -0.2) is 4.39 Å². The van der Waals surface area contributed by atoms with Gasteiger partial charge in [0.05, 0.1) is 0 Å². The summed E-state index contributed by atoms with van der Waals surface area (Å²) in [6.45, 7) is 2.89. The lowest BCUT2D eigenvalue weighted by Crippen LogP contribution is -2.34. The standard InChI is InChI=1S/C17H21FN2O/c1-12(10-11-20(2)3)19-17(21)15-8-9-16(18)14-7-5-4-6-13(14)15/h4-9,12H,10-11H2,1-3H3,(H,19,21). The first kappa shape index (κ1) is 15.4. The highest BCUT2D eigenvalue weighted by Gasteiger charge is 2.14. The zero-order valence-electron chi connectivity index (χ0n) is 12.7. The molecule has 0 saturated carbocycles. The zero-order chi connectivity index (χ0) is 15.4. The van der Waals surface area contributed by atoms with Crippen LogP contribution in [-0.4, -0.2) is 37.5 Å². The van der Waals surface area contributed by atoms with Crippen LogP contribution in [0.4, 0.5) is 4.39 Å². The maximum atomic E-state index is 13.8. The summed E-state index contributed by atoms with van der Waals surface area (Å²) < 4.78 is 13.8. The van der Waals surface area contributed by atoms with Gasteiger partial charge >= 0.3 is 0 Å². The number of carbonyl (C=O) groups excluding carboxylic acids is 1. The maximum Gasteiger partial charge on any atom is 0.252 e. The molecule has 0 aliphatic carbocycles. The van der Waals surface area contributed by atoms with Gasteiger partial charge < -0.3 is 10.2 Å². The van der Waals surface area contributed by atoms with E-state index in [1.165, 1.54) is 6.07 Å². The first-order chi connectivity index (χ1) is 9.99. The summed E-state index contributed by atoms with van der Waals surface area (Å²) in [5, 5.41) is 4.10. The van der Waals surface area contributed by atoms with Gasteiger partial charge in [-0.05, 0) is 51.5 Å². The van der Waals surface area contributed by atoms with E-state index >= 15 is 0 Å². The predicted molar refractivity (Wildman–Crippen MR) is 84.0 cm³/mol. The lowest BCUT2D eigenvalue weighted by molar-refractivity contribution is 0.0938. The fourth-order valence-corrected chi connectivity index (χ4v) is 2.29. The van der Waals surface area contributed by atoms with Gasteiger partial charge in [0.2, 0.25) is 0 Å². The summed E-state index contributed by atoms with van der Waals surface area (Å²) in [4.78, 5) is 14.5. The van der Waals surface area contributed by atoms with E-state index in [0.717, 1.165) is 13.0 Å². The summed E-state index contributed by atoms with van der Waals surface area (Å²) in [5.41, 5.74) is 0.517. The minimum Gasteiger partial charge on any atom is -0.350 e. The molecule has 21 heavy (non-hydrogen) atoms. The third-order valence-electron chi connectivity index (χ3n) is 3.50. The number of rotatable bonds is 5. The van der Waals surface area contributed by atoms with Crippen molar-refractivity contribution in [2.45, 2.75) is 19.4 Å². The van der Waals surface area contributed by atoms with E-state index in [9.17, 15) is 9.18 Å². The summed E-state index contributed by atoms with van der Waals surface area (Å²) in [5.74, 6) is -0.458. The zero-order valence-corrected chi connectivity index (χ0v) is 12.7. The van der Waals surface area contributed by atoms with E-state index in [0.29, 0.717) is 16.3 Å². The van der Waals surface area contributed by atoms with Crippen LogP contribution in [0.5, 0.6) is 0 Å². The summed E-state index contributed by atoms with van der Waals surface area (Å²) in [7, 11) is 4.00. The number of nitrogens with zero attached hydrogens (tertiary/aromatic N) is 1. The van der Waals surface area contributed by atoms with Crippen molar-refractivity contribution in [2.75, 3.05) is 20.6 Å². The molecule has 0 heterocycles. The van der Waals surface area contributed by atoms with Gasteiger partial charge in [-0.15, -0.1) is 0 Å². The molecule has 2 aromatic rings. The molecule has 2 aromatic carbocycles. The van der Waals surface area contributed by atoms with Crippen molar-refractivity contribution < 1.29 is 9.18 Å². The monoisotopic (exact) mass is 288 g/mol. The maximum absolute atomic E-state index is 13.8. The van der Waals surface area contributed by atoms with E-state index in [2.05, 4.69) is 10.2 Å². The topological polar surface area (TPSA) is 32.3 Å². The third-order valence-corrected chi connectivity index (χ3v) is 3.50. The van der Waals surface area contributed by atoms with Gasteiger partial charge in [-0.1, -0.05) is 24.3 Å². The van der Waals surface area contributed by atoms with Gasteiger partial charge in [0.25, 0.3) is 5.91 Å². The fourth-order valence-electron chi connectivity index (χ4n) is 2.29. The molecule has 0 radical (unpaired) electrons. The van der Waals surface area contributed by atoms with Crippen LogP contribution < -0.4 is 5.32 Å². The Hall–Kier alpha value is -1.94. The van der Waals surface area contributed by atoms with Crippen LogP contribution in [0.3, 0.4) is 0 Å². The summed E-state index contributed by atoms with van der Waals surface area (Å²) >= 11 is 0. The molecule has 1 atom stereocenters. The van der Waals surface area contributed by atoms with E-state index in [-0.39, 0.29) is 17.8 Å². The fraction of sp³-hybridized carbons (Fsp3) is 0.353. The number of amides is 1. The average molecular weight is 288 g/mol. The second-order valence-electron chi connectivity index (χ2n) is 5.61. The van der Waals surface area contributed by atoms with Crippen LogP contribution in [0.1, 0.15) is 23.7 Å². The first-order valence-electron chi connectivity index (χ1n) is 7.12. The van der Waals surface area contributed by atoms with Crippen molar-refractivity contribution in [3.8, 4) is 0 Å². The Labute approximate surface area is 124 Å². The summed E-state index contributed by atoms with van der Waals surface area (Å²) in [6.07, 6.45) is 0.873. The predicted octanol–water partition coefficient (Wildman–Crippen LogP) is 3.05. The van der Waals surface area contributed by atoms with E-state index < -0.39 is 0 Å². The van der Waals surface area contributed by atoms with E-state index in [4.69, 9.17) is 0 Å². The molecule has 1 N–H and O–H groups in total. The van der Waals surface area contributed by atoms with Crippen molar-refractivity contribution in [1.82, 2.24) is 10.2 Å². The number of fused-ring (bicyclic) bond motifs is 1. The number of nitrogens with one attached hydrogen (secondary N) is 1. The Morgan fingerprint density at radius 2 is 1.86 bits per heavy atom. The molecule has 4 heteroatoms. The van der Waals surface area contributed by atoms with Gasteiger partial charge in [0.15, 0.2) is 0 Å². The van der Waals surface area contributed by atoms with E-state index in [1.807, 2.05) is 27.1 Å². The van der Waals surface area contributed by atoms with Gasteiger partial charge in [0.1, 0.15) is 5.82 Å². The highest BCUT2D eigenvalue weighted by atomic mass is 19.1. The van der Waals surface area contributed by atoms with Crippen molar-refractivity contribution in [1.29, 1.82) is 0 Å². The van der Waals surface area contributed by atoms with Gasteiger partial charge in [-0.3, -0.25) is 4.79 Å². The number of benzene rings is 2. The molecule has 3 nitrogen and oxygen atoms in total. The second-order valence-corrected chi connectivity index (χ2v) is 5.61. The summed E-state index contributed by atoms with van der Waals surface area (Å²) in [6, 6.07) is 10.0. The molecule has 0 aliphatic heterocycles. The Morgan fingerprint density at radius 3 is 2.52 bits per heavy atom. The molecule has 0 saturated heterocycles. The SMILES string of the molecule is CC(CCN(C)C)NC(=O)c1ccc(F)c2ccccc12. The number of halogens is 1. The Morgan fingerprint density at radius 1 is 1.19 bits per heavy atom. The van der Waals surface area contributed by atoms with Crippen LogP contribution in [-0.2, 0) is 0 Å². The number of hydrogen-bond acceptors (Lipinski definition) is 2. The largest absolute Gasteiger partial charge is 0.350 e. The first-order valence-corrected chi connectivity index (χ1v) is 7.12. The van der Waals surface area contributed by atoms with E-state index in [1.54, 1.807) is 24.3 Å². The molecule has 0 aromatic heterocycles. The normalized spacial score (nSPS) is 12.6. The Kier molecular flexibility index (Phi) is 4.91. The third kappa shape index (κ3) is 3.79. The number of hydrogen-bond donors (Lipinski definition) is 1. The minimum absolute atomic E-state index is 0.0729. The van der Waals surface area contributed by atoms with Gasteiger partial charge in [0, 0.05) is 17.0 Å². The molecule has 0 bridgehead atoms. The van der Waals surface area contributed by atoms with Crippen LogP contribution >= 0.6 is 0 Å². The van der Waals surface area contributed by atoms with Crippen LogP contribution in [0, 0.1) is 5.82 Å². The lowest BCUT2D eigenvalue weighted by atomic mass is 10.0. The van der Waals surface area contributed by atoms with Crippen molar-refractivity contribution >= 4 is 16.7 Å². The second kappa shape index (κ2) is 6.68. The van der Waals surface area contributed by atoms with Crippen LogP contribution in [0.15, 0.2) is 36.4 Å². The molecule has 0 aliphatic rings. The Balaban J connectivity index is 2.18. The molecule has 2 rings (SSSR count). The molecule has 112 valence electrons. The molecular formula is C17H21FN2O. The molecule has 0 spiro atoms. The van der Waals surface area contributed by atoms with Gasteiger partial charge in [-0.2, -0.15) is 0 Å². The highest BCUT2D eigenvalue weighted by Crippen LogP contribution is 2.21. The average Bonchev–Trinajstić information content (AvgIpc) is 2.45. The molecular weight excluding hydrogens is 267 g/mol. The number of carbonyl (C=O) groups is 1. The van der Waals surface area contributed by atoms with Crippen molar-refractivity contribution in [2.24, 2.45) is 0 Å². The Bertz CT molecular complexity index is 640. The smallest absolute Gasteiger partial charge is 0.252 e. The minimum atomic E-state index is -0.303. The van der Waals surface area contributed by atoms with Crippen LogP contribution in [0.25, 0.3) is 10.8 Å².